The molecule has 4 fully saturated rings. The molecule has 0 saturated heterocycles. The van der Waals surface area contributed by atoms with Crippen molar-refractivity contribution >= 4 is 0 Å². The second-order valence-electron chi connectivity index (χ2n) is 7.90. The summed E-state index contributed by atoms with van der Waals surface area (Å²) < 4.78 is 2.23. The molecule has 1 atom stereocenters. The predicted molar refractivity (Wildman–Crippen MR) is 80.3 cm³/mol. The first kappa shape index (κ1) is 12.9. The highest BCUT2D eigenvalue weighted by atomic mass is 15.3. The first-order valence-corrected chi connectivity index (χ1v) is 8.35. The van der Waals surface area contributed by atoms with Gasteiger partial charge in [0.15, 0.2) is 0 Å². The number of nitrogens with zero attached hydrogens (tertiary/aromatic N) is 2. The van der Waals surface area contributed by atoms with E-state index in [0.29, 0.717) is 11.5 Å². The molecular weight excluding hydrogens is 246 g/mol. The fourth-order valence-corrected chi connectivity index (χ4v) is 5.68. The zero-order valence-corrected chi connectivity index (χ0v) is 12.8. The molecule has 5 rings (SSSR count). The molecule has 3 heteroatoms. The number of nitrogens with one attached hydrogen (secondary N) is 1. The molecule has 20 heavy (non-hydrogen) atoms. The van der Waals surface area contributed by atoms with Gasteiger partial charge in [-0.2, -0.15) is 5.10 Å². The van der Waals surface area contributed by atoms with Crippen molar-refractivity contribution in [3.05, 3.63) is 18.0 Å². The fraction of sp³-hybridized carbons (Fsp3) is 0.824. The van der Waals surface area contributed by atoms with Crippen molar-refractivity contribution in [3.63, 3.8) is 0 Å². The third-order valence-electron chi connectivity index (χ3n) is 6.25. The molecule has 0 amide bonds. The number of aromatic nitrogens is 2. The van der Waals surface area contributed by atoms with E-state index in [1.54, 1.807) is 0 Å². The van der Waals surface area contributed by atoms with E-state index < -0.39 is 0 Å². The summed E-state index contributed by atoms with van der Waals surface area (Å²) in [5, 5.41) is 7.94. The lowest BCUT2D eigenvalue weighted by molar-refractivity contribution is -0.0635. The molecule has 4 aliphatic rings. The highest BCUT2D eigenvalue weighted by Crippen LogP contribution is 2.60. The van der Waals surface area contributed by atoms with Crippen molar-refractivity contribution in [3.8, 4) is 0 Å². The Hall–Kier alpha value is -0.830. The van der Waals surface area contributed by atoms with E-state index in [2.05, 4.69) is 28.2 Å². The Balaban J connectivity index is 1.52. The molecule has 1 N–H and O–H groups in total. The average molecular weight is 273 g/mol. The van der Waals surface area contributed by atoms with Gasteiger partial charge in [0, 0.05) is 24.3 Å². The Bertz CT molecular complexity index is 455. The first-order valence-electron chi connectivity index (χ1n) is 8.35. The SMILES string of the molecule is CNC(C)c1cnn(CC23CC4CC(CC(C4)C2)C3)c1. The minimum absolute atomic E-state index is 0.403. The number of hydrogen-bond acceptors (Lipinski definition) is 2. The second kappa shape index (κ2) is 4.59. The molecule has 0 aromatic carbocycles. The van der Waals surface area contributed by atoms with Crippen molar-refractivity contribution in [1.82, 2.24) is 15.1 Å². The summed E-state index contributed by atoms with van der Waals surface area (Å²) in [6.45, 7) is 3.36. The third kappa shape index (κ3) is 2.11. The largest absolute Gasteiger partial charge is 0.313 e. The lowest BCUT2D eigenvalue weighted by atomic mass is 9.49. The molecule has 1 heterocycles. The third-order valence-corrected chi connectivity index (χ3v) is 6.25. The minimum Gasteiger partial charge on any atom is -0.313 e. The van der Waals surface area contributed by atoms with E-state index >= 15 is 0 Å². The van der Waals surface area contributed by atoms with Crippen LogP contribution in [0.5, 0.6) is 0 Å². The van der Waals surface area contributed by atoms with Crippen LogP contribution in [-0.2, 0) is 6.54 Å². The van der Waals surface area contributed by atoms with Gasteiger partial charge in [0.2, 0.25) is 0 Å². The number of hydrogen-bond donors (Lipinski definition) is 1. The molecule has 4 bridgehead atoms. The van der Waals surface area contributed by atoms with Gasteiger partial charge in [-0.15, -0.1) is 0 Å². The molecule has 1 aromatic rings. The molecule has 4 aliphatic carbocycles. The molecule has 0 aliphatic heterocycles. The van der Waals surface area contributed by atoms with Crippen LogP contribution in [0.4, 0.5) is 0 Å². The maximum atomic E-state index is 4.64. The lowest BCUT2D eigenvalue weighted by Crippen LogP contribution is -2.47. The normalized spacial score (nSPS) is 40.2. The molecular formula is C17H27N3. The molecule has 0 radical (unpaired) electrons. The van der Waals surface area contributed by atoms with Crippen LogP contribution in [0.1, 0.15) is 57.1 Å². The van der Waals surface area contributed by atoms with E-state index in [1.165, 1.54) is 44.1 Å². The van der Waals surface area contributed by atoms with Crippen molar-refractivity contribution in [2.24, 2.45) is 23.2 Å². The van der Waals surface area contributed by atoms with Crippen molar-refractivity contribution < 1.29 is 0 Å². The molecule has 0 spiro atoms. The summed E-state index contributed by atoms with van der Waals surface area (Å²) in [5.41, 5.74) is 1.90. The molecule has 1 aromatic heterocycles. The first-order chi connectivity index (χ1) is 9.66. The van der Waals surface area contributed by atoms with E-state index in [-0.39, 0.29) is 0 Å². The summed E-state index contributed by atoms with van der Waals surface area (Å²) in [5.74, 6) is 3.10. The van der Waals surface area contributed by atoms with Crippen LogP contribution in [0.3, 0.4) is 0 Å². The Morgan fingerprint density at radius 2 is 1.85 bits per heavy atom. The van der Waals surface area contributed by atoms with Gasteiger partial charge in [-0.05, 0) is 75.7 Å². The van der Waals surface area contributed by atoms with Crippen molar-refractivity contribution in [2.45, 2.75) is 58.0 Å². The Morgan fingerprint density at radius 1 is 1.25 bits per heavy atom. The van der Waals surface area contributed by atoms with Gasteiger partial charge in [0.25, 0.3) is 0 Å². The standard InChI is InChI=1S/C17H27N3/c1-12(18-2)16-9-19-20(10-16)11-17-6-13-3-14(7-17)5-15(4-13)8-17/h9-10,12-15,18H,3-8,11H2,1-2H3. The van der Waals surface area contributed by atoms with Gasteiger partial charge in [0.1, 0.15) is 0 Å². The van der Waals surface area contributed by atoms with E-state index in [1.807, 2.05) is 13.2 Å². The highest BCUT2D eigenvalue weighted by molar-refractivity contribution is 5.10. The Labute approximate surface area is 122 Å². The van der Waals surface area contributed by atoms with Crippen molar-refractivity contribution in [2.75, 3.05) is 7.05 Å². The van der Waals surface area contributed by atoms with Crippen LogP contribution in [0.15, 0.2) is 12.4 Å². The Kier molecular flexibility index (Phi) is 2.95. The molecule has 3 nitrogen and oxygen atoms in total. The van der Waals surface area contributed by atoms with Crippen LogP contribution in [0, 0.1) is 23.2 Å². The summed E-state index contributed by atoms with van der Waals surface area (Å²) in [4.78, 5) is 0. The fourth-order valence-electron chi connectivity index (χ4n) is 5.68. The van der Waals surface area contributed by atoms with Crippen LogP contribution in [-0.4, -0.2) is 16.8 Å². The second-order valence-corrected chi connectivity index (χ2v) is 7.90. The Morgan fingerprint density at radius 3 is 2.40 bits per heavy atom. The van der Waals surface area contributed by atoms with Gasteiger partial charge in [-0.1, -0.05) is 0 Å². The maximum absolute atomic E-state index is 4.64. The van der Waals surface area contributed by atoms with Gasteiger partial charge < -0.3 is 5.32 Å². The predicted octanol–water partition coefficient (Wildman–Crippen LogP) is 3.38. The maximum Gasteiger partial charge on any atom is 0.0537 e. The summed E-state index contributed by atoms with van der Waals surface area (Å²) in [6, 6.07) is 0.403. The van der Waals surface area contributed by atoms with Gasteiger partial charge >= 0.3 is 0 Å². The highest BCUT2D eigenvalue weighted by Gasteiger charge is 2.50. The quantitative estimate of drug-likeness (QED) is 0.911. The van der Waals surface area contributed by atoms with E-state index in [9.17, 15) is 0 Å². The van der Waals surface area contributed by atoms with Crippen LogP contribution in [0.25, 0.3) is 0 Å². The summed E-state index contributed by atoms with van der Waals surface area (Å²) in [6.07, 6.45) is 13.3. The minimum atomic E-state index is 0.403. The van der Waals surface area contributed by atoms with Crippen LogP contribution < -0.4 is 5.32 Å². The average Bonchev–Trinajstić information content (AvgIpc) is 2.83. The van der Waals surface area contributed by atoms with Gasteiger partial charge in [0.05, 0.1) is 6.20 Å². The zero-order valence-electron chi connectivity index (χ0n) is 12.8. The van der Waals surface area contributed by atoms with Crippen LogP contribution in [0.2, 0.25) is 0 Å². The monoisotopic (exact) mass is 273 g/mol. The van der Waals surface area contributed by atoms with Crippen LogP contribution >= 0.6 is 0 Å². The lowest BCUT2D eigenvalue weighted by Gasteiger charge is -2.56. The van der Waals surface area contributed by atoms with E-state index in [4.69, 9.17) is 0 Å². The summed E-state index contributed by atoms with van der Waals surface area (Å²) in [7, 11) is 2.01. The molecule has 4 saturated carbocycles. The van der Waals surface area contributed by atoms with Gasteiger partial charge in [-0.3, -0.25) is 4.68 Å². The summed E-state index contributed by atoms with van der Waals surface area (Å²) >= 11 is 0. The van der Waals surface area contributed by atoms with Gasteiger partial charge in [-0.25, -0.2) is 0 Å². The van der Waals surface area contributed by atoms with E-state index in [0.717, 1.165) is 24.3 Å². The molecule has 1 unspecified atom stereocenters. The van der Waals surface area contributed by atoms with Crippen molar-refractivity contribution in [1.29, 1.82) is 0 Å². The zero-order chi connectivity index (χ0) is 13.7. The number of rotatable bonds is 4. The molecule has 110 valence electrons. The topological polar surface area (TPSA) is 29.9 Å². The smallest absolute Gasteiger partial charge is 0.0537 e.